The Balaban J connectivity index is 2.11. The van der Waals surface area contributed by atoms with E-state index >= 15 is 0 Å². The summed E-state index contributed by atoms with van der Waals surface area (Å²) in [6, 6.07) is 15.3. The number of nitrogens with zero attached hydrogens (tertiary/aromatic N) is 1. The van der Waals surface area contributed by atoms with E-state index in [1.807, 2.05) is 36.4 Å². The topological polar surface area (TPSA) is 35.8 Å². The van der Waals surface area contributed by atoms with E-state index in [1.54, 1.807) is 6.07 Å². The number of halogens is 2. The molecule has 0 aromatic heterocycles. The summed E-state index contributed by atoms with van der Waals surface area (Å²) < 4.78 is 0.972. The third kappa shape index (κ3) is 3.25. The van der Waals surface area contributed by atoms with Crippen LogP contribution in [0.15, 0.2) is 46.9 Å². The highest BCUT2D eigenvalue weighted by atomic mass is 79.9. The summed E-state index contributed by atoms with van der Waals surface area (Å²) in [5.41, 5.74) is 2.58. The Labute approximate surface area is 119 Å². The molecule has 18 heavy (non-hydrogen) atoms. The highest BCUT2D eigenvalue weighted by Crippen LogP contribution is 2.26. The predicted molar refractivity (Wildman–Crippen MR) is 77.6 cm³/mol. The van der Waals surface area contributed by atoms with Crippen molar-refractivity contribution in [2.24, 2.45) is 0 Å². The Morgan fingerprint density at radius 2 is 2.06 bits per heavy atom. The number of rotatable bonds is 3. The predicted octanol–water partition coefficient (Wildman–Crippen LogP) is 4.59. The lowest BCUT2D eigenvalue weighted by Crippen LogP contribution is -2.00. The van der Waals surface area contributed by atoms with E-state index in [4.69, 9.17) is 16.9 Å². The van der Waals surface area contributed by atoms with Crippen LogP contribution in [-0.2, 0) is 6.54 Å². The summed E-state index contributed by atoms with van der Waals surface area (Å²) in [6.45, 7) is 0.631. The largest absolute Gasteiger partial charge is 0.380 e. The van der Waals surface area contributed by atoms with E-state index in [-0.39, 0.29) is 0 Å². The van der Waals surface area contributed by atoms with Gasteiger partial charge >= 0.3 is 0 Å². The fourth-order valence-corrected chi connectivity index (χ4v) is 2.13. The standard InChI is InChI=1S/C14H10BrClN2/c15-12-4-5-13(16)14(7-12)18-9-11-3-1-2-10(6-11)8-17/h1-7,18H,9H2. The highest BCUT2D eigenvalue weighted by Gasteiger charge is 2.01. The van der Waals surface area contributed by atoms with Crippen molar-refractivity contribution in [2.45, 2.75) is 6.54 Å². The van der Waals surface area contributed by atoms with Crippen molar-refractivity contribution in [1.29, 1.82) is 5.26 Å². The van der Waals surface area contributed by atoms with Crippen LogP contribution in [0.4, 0.5) is 5.69 Å². The fourth-order valence-electron chi connectivity index (χ4n) is 1.58. The van der Waals surface area contributed by atoms with Crippen molar-refractivity contribution in [1.82, 2.24) is 0 Å². The van der Waals surface area contributed by atoms with Crippen molar-refractivity contribution in [3.05, 3.63) is 63.1 Å². The molecule has 0 radical (unpaired) electrons. The smallest absolute Gasteiger partial charge is 0.0991 e. The van der Waals surface area contributed by atoms with Crippen molar-refractivity contribution < 1.29 is 0 Å². The molecule has 0 spiro atoms. The second kappa shape index (κ2) is 5.90. The molecule has 2 aromatic rings. The second-order valence-electron chi connectivity index (χ2n) is 3.79. The number of nitrogens with one attached hydrogen (secondary N) is 1. The van der Waals surface area contributed by atoms with Gasteiger partial charge in [-0.25, -0.2) is 0 Å². The maximum absolute atomic E-state index is 8.83. The Bertz CT molecular complexity index is 605. The minimum Gasteiger partial charge on any atom is -0.380 e. The highest BCUT2D eigenvalue weighted by molar-refractivity contribution is 9.10. The molecule has 0 amide bonds. The van der Waals surface area contributed by atoms with Gasteiger partial charge in [0.1, 0.15) is 0 Å². The molecule has 2 rings (SSSR count). The van der Waals surface area contributed by atoms with Crippen molar-refractivity contribution in [2.75, 3.05) is 5.32 Å². The van der Waals surface area contributed by atoms with Gasteiger partial charge in [-0.15, -0.1) is 0 Å². The first-order chi connectivity index (χ1) is 8.69. The molecule has 0 heterocycles. The zero-order valence-corrected chi connectivity index (χ0v) is 11.8. The Kier molecular flexibility index (Phi) is 4.24. The third-order valence-corrected chi connectivity index (χ3v) is 3.29. The molecule has 0 aliphatic carbocycles. The van der Waals surface area contributed by atoms with E-state index in [2.05, 4.69) is 27.3 Å². The first-order valence-corrected chi connectivity index (χ1v) is 6.54. The Hall–Kier alpha value is -1.50. The van der Waals surface area contributed by atoms with Crippen LogP contribution in [0.5, 0.6) is 0 Å². The van der Waals surface area contributed by atoms with Gasteiger partial charge in [0.15, 0.2) is 0 Å². The molecule has 90 valence electrons. The molecule has 0 saturated carbocycles. The zero-order chi connectivity index (χ0) is 13.0. The summed E-state index contributed by atoms with van der Waals surface area (Å²) in [5, 5.41) is 12.8. The van der Waals surface area contributed by atoms with Gasteiger partial charge in [-0.05, 0) is 35.9 Å². The third-order valence-electron chi connectivity index (χ3n) is 2.47. The van der Waals surface area contributed by atoms with E-state index in [9.17, 15) is 0 Å². The van der Waals surface area contributed by atoms with Crippen LogP contribution < -0.4 is 5.32 Å². The Morgan fingerprint density at radius 3 is 2.83 bits per heavy atom. The number of hydrogen-bond donors (Lipinski definition) is 1. The zero-order valence-electron chi connectivity index (χ0n) is 9.45. The molecule has 2 aromatic carbocycles. The maximum Gasteiger partial charge on any atom is 0.0991 e. The van der Waals surface area contributed by atoms with Crippen LogP contribution in [0, 0.1) is 11.3 Å². The maximum atomic E-state index is 8.83. The molecule has 0 fully saturated rings. The minimum absolute atomic E-state index is 0.631. The first kappa shape index (κ1) is 12.9. The summed E-state index contributed by atoms with van der Waals surface area (Å²) >= 11 is 9.49. The average molecular weight is 322 g/mol. The SMILES string of the molecule is N#Cc1cccc(CNc2cc(Br)ccc2Cl)c1. The van der Waals surface area contributed by atoms with Crippen LogP contribution in [0.2, 0.25) is 5.02 Å². The summed E-state index contributed by atoms with van der Waals surface area (Å²) in [7, 11) is 0. The van der Waals surface area contributed by atoms with Gasteiger partial charge in [-0.1, -0.05) is 39.7 Å². The molecular weight excluding hydrogens is 312 g/mol. The first-order valence-electron chi connectivity index (χ1n) is 5.37. The van der Waals surface area contributed by atoms with Gasteiger partial charge in [0.2, 0.25) is 0 Å². The van der Waals surface area contributed by atoms with Crippen LogP contribution in [-0.4, -0.2) is 0 Å². The minimum atomic E-state index is 0.631. The number of nitriles is 1. The van der Waals surface area contributed by atoms with Crippen LogP contribution in [0.1, 0.15) is 11.1 Å². The normalized spacial score (nSPS) is 9.83. The Morgan fingerprint density at radius 1 is 1.22 bits per heavy atom. The van der Waals surface area contributed by atoms with Crippen LogP contribution in [0.3, 0.4) is 0 Å². The molecule has 0 unspecified atom stereocenters. The molecule has 2 nitrogen and oxygen atoms in total. The lowest BCUT2D eigenvalue weighted by atomic mass is 10.1. The van der Waals surface area contributed by atoms with Gasteiger partial charge in [-0.2, -0.15) is 5.26 Å². The van der Waals surface area contributed by atoms with Crippen molar-refractivity contribution in [3.8, 4) is 6.07 Å². The fraction of sp³-hybridized carbons (Fsp3) is 0.0714. The van der Waals surface area contributed by atoms with Gasteiger partial charge in [0.05, 0.1) is 22.3 Å². The molecule has 1 N–H and O–H groups in total. The summed E-state index contributed by atoms with van der Waals surface area (Å²) in [6.07, 6.45) is 0. The molecule has 0 saturated heterocycles. The quantitative estimate of drug-likeness (QED) is 0.897. The lowest BCUT2D eigenvalue weighted by molar-refractivity contribution is 1.15. The number of hydrogen-bond acceptors (Lipinski definition) is 2. The molecule has 0 aliphatic heterocycles. The molecular formula is C14H10BrClN2. The van der Waals surface area contributed by atoms with Crippen LogP contribution >= 0.6 is 27.5 Å². The molecule has 0 atom stereocenters. The van der Waals surface area contributed by atoms with Gasteiger partial charge in [0, 0.05) is 11.0 Å². The van der Waals surface area contributed by atoms with Gasteiger partial charge in [0.25, 0.3) is 0 Å². The van der Waals surface area contributed by atoms with E-state index < -0.39 is 0 Å². The van der Waals surface area contributed by atoms with Gasteiger partial charge in [-0.3, -0.25) is 0 Å². The van der Waals surface area contributed by atoms with E-state index in [0.29, 0.717) is 17.1 Å². The summed E-state index contributed by atoms with van der Waals surface area (Å²) in [4.78, 5) is 0. The summed E-state index contributed by atoms with van der Waals surface area (Å²) in [5.74, 6) is 0. The van der Waals surface area contributed by atoms with E-state index in [0.717, 1.165) is 15.7 Å². The second-order valence-corrected chi connectivity index (χ2v) is 5.11. The molecule has 0 bridgehead atoms. The average Bonchev–Trinajstić information content (AvgIpc) is 2.40. The molecule has 4 heteroatoms. The van der Waals surface area contributed by atoms with Crippen molar-refractivity contribution >= 4 is 33.2 Å². The van der Waals surface area contributed by atoms with E-state index in [1.165, 1.54) is 0 Å². The molecule has 0 aliphatic rings. The number of anilines is 1. The van der Waals surface area contributed by atoms with Crippen molar-refractivity contribution in [3.63, 3.8) is 0 Å². The van der Waals surface area contributed by atoms with Crippen LogP contribution in [0.25, 0.3) is 0 Å². The monoisotopic (exact) mass is 320 g/mol. The lowest BCUT2D eigenvalue weighted by Gasteiger charge is -2.09. The number of benzene rings is 2. The van der Waals surface area contributed by atoms with Gasteiger partial charge < -0.3 is 5.32 Å².